The third-order valence-electron chi connectivity index (χ3n) is 6.44. The van der Waals surface area contributed by atoms with E-state index in [4.69, 9.17) is 14.2 Å². The Labute approximate surface area is 159 Å². The molecule has 27 heavy (non-hydrogen) atoms. The fourth-order valence-electron chi connectivity index (χ4n) is 5.37. The molecule has 2 aliphatic carbocycles. The Hall–Kier alpha value is -1.89. The summed E-state index contributed by atoms with van der Waals surface area (Å²) in [6, 6.07) is 0. The van der Waals surface area contributed by atoms with Gasteiger partial charge in [0.25, 0.3) is 0 Å². The van der Waals surface area contributed by atoms with Crippen LogP contribution in [-0.2, 0) is 28.6 Å². The number of aliphatic hydroxyl groups is 1. The van der Waals surface area contributed by atoms with E-state index in [2.05, 4.69) is 0 Å². The highest BCUT2D eigenvalue weighted by molar-refractivity contribution is 5.99. The van der Waals surface area contributed by atoms with Crippen LogP contribution in [0.3, 0.4) is 0 Å². The molecule has 0 aromatic heterocycles. The van der Waals surface area contributed by atoms with Crippen LogP contribution < -0.4 is 0 Å². The monoisotopic (exact) mass is 380 g/mol. The van der Waals surface area contributed by atoms with Gasteiger partial charge in [-0.25, -0.2) is 0 Å². The van der Waals surface area contributed by atoms with Gasteiger partial charge in [-0.2, -0.15) is 0 Å². The number of carbonyl (C=O) groups excluding carboxylic acids is 3. The first-order chi connectivity index (χ1) is 12.9. The molecule has 2 unspecified atom stereocenters. The van der Waals surface area contributed by atoms with Gasteiger partial charge >= 0.3 is 17.9 Å². The van der Waals surface area contributed by atoms with E-state index in [1.165, 1.54) is 0 Å². The molecular weight excluding hydrogens is 352 g/mol. The summed E-state index contributed by atoms with van der Waals surface area (Å²) in [4.78, 5) is 37.5. The summed E-state index contributed by atoms with van der Waals surface area (Å²) in [5.74, 6) is -4.10. The molecule has 1 spiro atoms. The largest absolute Gasteiger partial charge is 0.466 e. The van der Waals surface area contributed by atoms with E-state index in [1.54, 1.807) is 13.8 Å². The number of rotatable bonds is 6. The van der Waals surface area contributed by atoms with Crippen molar-refractivity contribution in [3.63, 3.8) is 0 Å². The van der Waals surface area contributed by atoms with Gasteiger partial charge in [0.1, 0.15) is 11.2 Å². The van der Waals surface area contributed by atoms with E-state index >= 15 is 0 Å². The van der Waals surface area contributed by atoms with E-state index in [1.807, 2.05) is 19.1 Å². The molecule has 3 rings (SSSR count). The predicted molar refractivity (Wildman–Crippen MR) is 94.3 cm³/mol. The van der Waals surface area contributed by atoms with Gasteiger partial charge in [0, 0.05) is 12.3 Å². The average molecular weight is 380 g/mol. The van der Waals surface area contributed by atoms with Gasteiger partial charge in [0.05, 0.1) is 19.1 Å². The molecule has 0 radical (unpaired) electrons. The van der Waals surface area contributed by atoms with Crippen molar-refractivity contribution in [2.45, 2.75) is 57.7 Å². The van der Waals surface area contributed by atoms with Crippen molar-refractivity contribution in [3.05, 3.63) is 12.2 Å². The van der Waals surface area contributed by atoms with Crippen molar-refractivity contribution in [2.24, 2.45) is 23.7 Å². The van der Waals surface area contributed by atoms with Crippen LogP contribution in [0.5, 0.6) is 0 Å². The highest BCUT2D eigenvalue weighted by Gasteiger charge is 2.77. The molecule has 1 saturated heterocycles. The summed E-state index contributed by atoms with van der Waals surface area (Å²) in [6.07, 6.45) is 5.44. The normalized spacial score (nSPS) is 37.9. The molecule has 7 nitrogen and oxygen atoms in total. The Balaban J connectivity index is 2.01. The van der Waals surface area contributed by atoms with Crippen LogP contribution in [0.15, 0.2) is 12.2 Å². The molecule has 150 valence electrons. The second kappa shape index (κ2) is 7.26. The third-order valence-corrected chi connectivity index (χ3v) is 6.44. The van der Waals surface area contributed by atoms with Gasteiger partial charge in [-0.05, 0) is 39.0 Å². The summed E-state index contributed by atoms with van der Waals surface area (Å²) < 4.78 is 16.0. The maximum absolute atomic E-state index is 12.5. The molecule has 0 aromatic rings. The van der Waals surface area contributed by atoms with E-state index in [-0.39, 0.29) is 37.4 Å². The Morgan fingerprint density at radius 2 is 1.96 bits per heavy atom. The molecule has 1 heterocycles. The molecule has 7 heteroatoms. The molecule has 2 fully saturated rings. The number of ether oxygens (including phenoxy) is 3. The Morgan fingerprint density at radius 1 is 1.26 bits per heavy atom. The van der Waals surface area contributed by atoms with Crippen LogP contribution in [0, 0.1) is 23.7 Å². The van der Waals surface area contributed by atoms with Crippen LogP contribution >= 0.6 is 0 Å². The minimum absolute atomic E-state index is 0.110. The number of hydrogen-bond donors (Lipinski definition) is 1. The van der Waals surface area contributed by atoms with Gasteiger partial charge in [0.15, 0.2) is 5.92 Å². The molecule has 1 N–H and O–H groups in total. The lowest BCUT2D eigenvalue weighted by Gasteiger charge is -2.41. The van der Waals surface area contributed by atoms with Crippen LogP contribution in [0.2, 0.25) is 0 Å². The molecule has 1 saturated carbocycles. The van der Waals surface area contributed by atoms with Gasteiger partial charge in [0.2, 0.25) is 0 Å². The van der Waals surface area contributed by atoms with Crippen molar-refractivity contribution in [3.8, 4) is 0 Å². The average Bonchev–Trinajstić information content (AvgIpc) is 2.97. The molecule has 0 bridgehead atoms. The lowest BCUT2D eigenvalue weighted by atomic mass is 9.69. The lowest BCUT2D eigenvalue weighted by Crippen LogP contribution is -2.55. The van der Waals surface area contributed by atoms with Gasteiger partial charge in [-0.1, -0.05) is 19.1 Å². The number of carbonyl (C=O) groups is 3. The van der Waals surface area contributed by atoms with Crippen LogP contribution in [0.25, 0.3) is 0 Å². The zero-order chi connectivity index (χ0) is 19.8. The van der Waals surface area contributed by atoms with Crippen molar-refractivity contribution in [1.82, 2.24) is 0 Å². The predicted octanol–water partition coefficient (Wildman–Crippen LogP) is 1.77. The second-order valence-corrected chi connectivity index (χ2v) is 7.57. The quantitative estimate of drug-likeness (QED) is 0.324. The van der Waals surface area contributed by atoms with E-state index in [9.17, 15) is 19.5 Å². The Morgan fingerprint density at radius 3 is 2.59 bits per heavy atom. The van der Waals surface area contributed by atoms with Crippen molar-refractivity contribution in [1.29, 1.82) is 0 Å². The molecule has 0 amide bonds. The minimum Gasteiger partial charge on any atom is -0.466 e. The fourth-order valence-corrected chi connectivity index (χ4v) is 5.37. The first kappa shape index (κ1) is 19.9. The topological polar surface area (TPSA) is 99.1 Å². The minimum atomic E-state index is -1.68. The van der Waals surface area contributed by atoms with Crippen LogP contribution in [-0.4, -0.2) is 47.4 Å². The standard InChI is InChI=1S/C20H28O7/c1-4-12(16(21)25-5-2)13-11-19(24)15(17(22)26-6-3)18(23)27-20(19)10-8-7-9-14(13)20/h7-8,12-15,24H,4-6,9-11H2,1-3H3/t12-,13?,14+,15?,19-,20+/m0/s1. The fraction of sp³-hybridized carbons (Fsp3) is 0.750. The van der Waals surface area contributed by atoms with Crippen molar-refractivity contribution >= 4 is 17.9 Å². The first-order valence-electron chi connectivity index (χ1n) is 9.79. The molecule has 3 aliphatic rings. The summed E-state index contributed by atoms with van der Waals surface area (Å²) >= 11 is 0. The molecular formula is C20H28O7. The number of hydrogen-bond acceptors (Lipinski definition) is 7. The lowest BCUT2D eigenvalue weighted by molar-refractivity contribution is -0.163. The summed E-state index contributed by atoms with van der Waals surface area (Å²) in [5, 5.41) is 11.6. The Kier molecular flexibility index (Phi) is 5.34. The summed E-state index contributed by atoms with van der Waals surface area (Å²) in [7, 11) is 0. The zero-order valence-corrected chi connectivity index (χ0v) is 16.1. The molecule has 6 atom stereocenters. The molecule has 1 aliphatic heterocycles. The maximum atomic E-state index is 12.5. The second-order valence-electron chi connectivity index (χ2n) is 7.57. The maximum Gasteiger partial charge on any atom is 0.324 e. The van der Waals surface area contributed by atoms with Crippen molar-refractivity contribution < 1.29 is 33.7 Å². The van der Waals surface area contributed by atoms with E-state index in [0.29, 0.717) is 19.3 Å². The van der Waals surface area contributed by atoms with Gasteiger partial charge in [-0.3, -0.25) is 14.4 Å². The smallest absolute Gasteiger partial charge is 0.324 e. The first-order valence-corrected chi connectivity index (χ1v) is 9.79. The number of allylic oxidation sites excluding steroid dienone is 1. The van der Waals surface area contributed by atoms with Gasteiger partial charge < -0.3 is 19.3 Å². The summed E-state index contributed by atoms with van der Waals surface area (Å²) in [5.41, 5.74) is -2.88. The molecule has 0 aromatic carbocycles. The SMILES string of the molecule is CCOC(=O)C1C(=O)O[C@]23CC=CC[C@@H]2C([C@H](CC)C(=O)OCC)C[C@]13O. The van der Waals surface area contributed by atoms with Crippen LogP contribution in [0.4, 0.5) is 0 Å². The zero-order valence-electron chi connectivity index (χ0n) is 16.1. The highest BCUT2D eigenvalue weighted by Crippen LogP contribution is 2.63. The number of esters is 3. The summed E-state index contributed by atoms with van der Waals surface area (Å²) in [6.45, 7) is 5.70. The van der Waals surface area contributed by atoms with E-state index in [0.717, 1.165) is 0 Å². The highest BCUT2D eigenvalue weighted by atomic mass is 16.6. The van der Waals surface area contributed by atoms with Gasteiger partial charge in [-0.15, -0.1) is 0 Å². The van der Waals surface area contributed by atoms with Crippen LogP contribution in [0.1, 0.15) is 46.5 Å². The third kappa shape index (κ3) is 2.78. The van der Waals surface area contributed by atoms with E-state index < -0.39 is 35.0 Å². The Bertz CT molecular complexity index is 657. The van der Waals surface area contributed by atoms with Crippen molar-refractivity contribution in [2.75, 3.05) is 13.2 Å².